The van der Waals surface area contributed by atoms with Crippen molar-refractivity contribution in [3.8, 4) is 0 Å². The maximum Gasteiger partial charge on any atom is 0.189 e. The highest BCUT2D eigenvalue weighted by molar-refractivity contribution is 7.98. The van der Waals surface area contributed by atoms with Gasteiger partial charge < -0.3 is 10.2 Å². The van der Waals surface area contributed by atoms with Crippen LogP contribution in [0.1, 0.15) is 49.4 Å². The number of nitrogens with one attached hydrogen (secondary N) is 1. The number of thiophene rings is 1. The van der Waals surface area contributed by atoms with Gasteiger partial charge in [0.15, 0.2) is 5.16 Å². The first-order valence-electron chi connectivity index (χ1n) is 10.1. The van der Waals surface area contributed by atoms with Crippen LogP contribution >= 0.6 is 23.1 Å². The number of aromatic nitrogens is 3. The van der Waals surface area contributed by atoms with Crippen molar-refractivity contribution in [3.05, 3.63) is 16.8 Å². The van der Waals surface area contributed by atoms with Gasteiger partial charge in [-0.25, -0.2) is 15.0 Å². The number of pyridine rings is 1. The third-order valence-electron chi connectivity index (χ3n) is 5.35. The second kappa shape index (κ2) is 8.13. The molecule has 1 N–H and O–H groups in total. The molecule has 1 aliphatic rings. The van der Waals surface area contributed by atoms with Crippen molar-refractivity contribution in [3.63, 3.8) is 0 Å². The van der Waals surface area contributed by atoms with Gasteiger partial charge in [0.05, 0.1) is 10.2 Å². The molecule has 3 aromatic heterocycles. The van der Waals surface area contributed by atoms with Crippen LogP contribution in [-0.4, -0.2) is 53.3 Å². The Morgan fingerprint density at radius 2 is 1.93 bits per heavy atom. The van der Waals surface area contributed by atoms with E-state index in [9.17, 15) is 0 Å². The minimum atomic E-state index is 0.456. The SMILES string of the molecule is CSc1nc(NCCCN(C)C)c2sc3nc(C(C)C)c4c(c3c2n1)CCC4. The molecule has 3 aromatic rings. The van der Waals surface area contributed by atoms with E-state index < -0.39 is 0 Å². The van der Waals surface area contributed by atoms with Gasteiger partial charge in [-0.15, -0.1) is 11.3 Å². The number of hydrogen-bond acceptors (Lipinski definition) is 7. The largest absolute Gasteiger partial charge is 0.369 e. The number of nitrogens with zero attached hydrogens (tertiary/aromatic N) is 4. The number of anilines is 1. The van der Waals surface area contributed by atoms with Crippen molar-refractivity contribution in [1.82, 2.24) is 19.9 Å². The number of hydrogen-bond donors (Lipinski definition) is 1. The third kappa shape index (κ3) is 3.60. The van der Waals surface area contributed by atoms with E-state index in [-0.39, 0.29) is 0 Å². The van der Waals surface area contributed by atoms with Crippen molar-refractivity contribution in [1.29, 1.82) is 0 Å². The topological polar surface area (TPSA) is 53.9 Å². The van der Waals surface area contributed by atoms with Crippen LogP contribution in [0.4, 0.5) is 5.82 Å². The molecule has 3 heterocycles. The van der Waals surface area contributed by atoms with E-state index in [2.05, 4.69) is 38.2 Å². The van der Waals surface area contributed by atoms with Crippen LogP contribution in [0.3, 0.4) is 0 Å². The Hall–Kier alpha value is -1.44. The molecular weight excluding hydrogens is 386 g/mol. The molecule has 0 atom stereocenters. The van der Waals surface area contributed by atoms with E-state index in [0.29, 0.717) is 5.92 Å². The smallest absolute Gasteiger partial charge is 0.189 e. The van der Waals surface area contributed by atoms with Crippen molar-refractivity contribution < 1.29 is 0 Å². The van der Waals surface area contributed by atoms with Gasteiger partial charge >= 0.3 is 0 Å². The Morgan fingerprint density at radius 1 is 1.14 bits per heavy atom. The summed E-state index contributed by atoms with van der Waals surface area (Å²) in [4.78, 5) is 18.2. The van der Waals surface area contributed by atoms with E-state index in [1.165, 1.54) is 28.6 Å². The minimum Gasteiger partial charge on any atom is -0.369 e. The summed E-state index contributed by atoms with van der Waals surface area (Å²) >= 11 is 3.36. The molecule has 1 aliphatic carbocycles. The van der Waals surface area contributed by atoms with Gasteiger partial charge in [-0.2, -0.15) is 0 Å². The minimum absolute atomic E-state index is 0.456. The molecule has 28 heavy (non-hydrogen) atoms. The molecule has 0 amide bonds. The lowest BCUT2D eigenvalue weighted by molar-refractivity contribution is 0.405. The molecule has 7 heteroatoms. The molecule has 0 unspecified atom stereocenters. The fraction of sp³-hybridized carbons (Fsp3) is 0.571. The average molecular weight is 416 g/mol. The van der Waals surface area contributed by atoms with Crippen molar-refractivity contribution in [2.24, 2.45) is 0 Å². The zero-order valence-electron chi connectivity index (χ0n) is 17.4. The van der Waals surface area contributed by atoms with Crippen molar-refractivity contribution >= 4 is 49.3 Å². The lowest BCUT2D eigenvalue weighted by Gasteiger charge is -2.12. The lowest BCUT2D eigenvalue weighted by Crippen LogP contribution is -2.16. The van der Waals surface area contributed by atoms with Gasteiger partial charge in [-0.3, -0.25) is 0 Å². The number of fused-ring (bicyclic) bond motifs is 5. The molecule has 0 aliphatic heterocycles. The quantitative estimate of drug-likeness (QED) is 0.335. The fourth-order valence-corrected chi connectivity index (χ4v) is 5.55. The number of thioether (sulfide) groups is 1. The Bertz CT molecular complexity index is 1010. The standard InChI is InChI=1S/C21H29N5S2/c1-12(2)16-14-9-6-8-13(14)15-17-18(28-20(15)23-16)19(25-21(24-17)27-5)22-10-7-11-26(3)4/h12H,6-11H2,1-5H3,(H,22,24,25). The summed E-state index contributed by atoms with van der Waals surface area (Å²) < 4.78 is 1.15. The highest BCUT2D eigenvalue weighted by Crippen LogP contribution is 2.43. The molecule has 5 nitrogen and oxygen atoms in total. The summed E-state index contributed by atoms with van der Waals surface area (Å²) in [6.07, 6.45) is 6.65. The summed E-state index contributed by atoms with van der Waals surface area (Å²) in [7, 11) is 4.22. The van der Waals surface area contributed by atoms with Gasteiger partial charge in [0.1, 0.15) is 10.6 Å². The summed E-state index contributed by atoms with van der Waals surface area (Å²) in [5.41, 5.74) is 5.34. The summed E-state index contributed by atoms with van der Waals surface area (Å²) in [6, 6.07) is 0. The monoisotopic (exact) mass is 415 g/mol. The van der Waals surface area contributed by atoms with Crippen LogP contribution < -0.4 is 5.32 Å². The Labute approximate surface area is 175 Å². The second-order valence-corrected chi connectivity index (χ2v) is 9.84. The van der Waals surface area contributed by atoms with E-state index in [4.69, 9.17) is 15.0 Å². The lowest BCUT2D eigenvalue weighted by atomic mass is 9.99. The molecule has 0 bridgehead atoms. The molecular formula is C21H29N5S2. The predicted octanol–water partition coefficient (Wildman–Crippen LogP) is 4.94. The van der Waals surface area contributed by atoms with E-state index in [1.54, 1.807) is 23.1 Å². The van der Waals surface area contributed by atoms with Gasteiger partial charge in [0.2, 0.25) is 0 Å². The average Bonchev–Trinajstić information content (AvgIpc) is 3.27. The van der Waals surface area contributed by atoms with Crippen molar-refractivity contribution in [2.45, 2.75) is 50.6 Å². The van der Waals surface area contributed by atoms with Crippen molar-refractivity contribution in [2.75, 3.05) is 38.8 Å². The molecule has 0 fully saturated rings. The summed E-state index contributed by atoms with van der Waals surface area (Å²) in [5.74, 6) is 1.42. The van der Waals surface area contributed by atoms with E-state index in [1.807, 2.05) is 6.26 Å². The van der Waals surface area contributed by atoms with Crippen LogP contribution in [0.25, 0.3) is 20.4 Å². The van der Waals surface area contributed by atoms with Crippen LogP contribution in [0.2, 0.25) is 0 Å². The Kier molecular flexibility index (Phi) is 5.76. The van der Waals surface area contributed by atoms with Gasteiger partial charge in [-0.1, -0.05) is 25.6 Å². The summed E-state index contributed by atoms with van der Waals surface area (Å²) in [5, 5.41) is 5.69. The second-order valence-electron chi connectivity index (χ2n) is 8.06. The number of rotatable bonds is 7. The predicted molar refractivity (Wildman–Crippen MR) is 122 cm³/mol. The highest BCUT2D eigenvalue weighted by atomic mass is 32.2. The van der Waals surface area contributed by atoms with Crippen LogP contribution in [-0.2, 0) is 12.8 Å². The fourth-order valence-electron chi connectivity index (χ4n) is 4.07. The Balaban J connectivity index is 1.85. The summed E-state index contributed by atoms with van der Waals surface area (Å²) in [6.45, 7) is 6.48. The molecule has 0 saturated carbocycles. The van der Waals surface area contributed by atoms with Crippen LogP contribution in [0, 0.1) is 0 Å². The van der Waals surface area contributed by atoms with Crippen LogP contribution in [0.5, 0.6) is 0 Å². The molecule has 0 aromatic carbocycles. The van der Waals surface area contributed by atoms with Gasteiger partial charge in [0, 0.05) is 17.6 Å². The maximum atomic E-state index is 5.11. The maximum absolute atomic E-state index is 5.11. The number of aryl methyl sites for hydroxylation is 1. The molecule has 4 rings (SSSR count). The first-order valence-corrected chi connectivity index (χ1v) is 12.1. The van der Waals surface area contributed by atoms with E-state index in [0.717, 1.165) is 58.4 Å². The zero-order valence-corrected chi connectivity index (χ0v) is 19.1. The molecule has 0 radical (unpaired) electrons. The third-order valence-corrected chi connectivity index (χ3v) is 6.98. The van der Waals surface area contributed by atoms with Crippen LogP contribution in [0.15, 0.2) is 5.16 Å². The molecule has 150 valence electrons. The normalized spacial score (nSPS) is 14.0. The van der Waals surface area contributed by atoms with Gasteiger partial charge in [0.25, 0.3) is 0 Å². The first kappa shape index (κ1) is 19.9. The molecule has 0 saturated heterocycles. The van der Waals surface area contributed by atoms with Gasteiger partial charge in [-0.05, 0) is 69.6 Å². The first-order chi connectivity index (χ1) is 13.5. The highest BCUT2D eigenvalue weighted by Gasteiger charge is 2.25. The van der Waals surface area contributed by atoms with E-state index >= 15 is 0 Å². The molecule has 0 spiro atoms. The zero-order chi connectivity index (χ0) is 19.8. The Morgan fingerprint density at radius 3 is 2.64 bits per heavy atom.